The number of hydrogen-bond donors (Lipinski definition) is 0. The highest BCUT2D eigenvalue weighted by molar-refractivity contribution is 5.69. The van der Waals surface area contributed by atoms with Crippen LogP contribution in [0.15, 0.2) is 29.4 Å². The minimum absolute atomic E-state index is 0.171. The van der Waals surface area contributed by atoms with Crippen molar-refractivity contribution >= 4 is 5.97 Å². The fourth-order valence-electron chi connectivity index (χ4n) is 2.03. The summed E-state index contributed by atoms with van der Waals surface area (Å²) >= 11 is 0. The van der Waals surface area contributed by atoms with Crippen molar-refractivity contribution in [1.82, 2.24) is 0 Å². The monoisotopic (exact) mass is 335 g/mol. The van der Waals surface area contributed by atoms with E-state index in [9.17, 15) is 4.79 Å². The van der Waals surface area contributed by atoms with Gasteiger partial charge in [0.1, 0.15) is 5.75 Å². The number of azide groups is 1. The van der Waals surface area contributed by atoms with Crippen LogP contribution in [0.3, 0.4) is 0 Å². The molecule has 0 saturated carbocycles. The van der Waals surface area contributed by atoms with E-state index in [0.29, 0.717) is 32.8 Å². The van der Waals surface area contributed by atoms with E-state index < -0.39 is 0 Å². The molecule has 0 aliphatic rings. The molecule has 0 amide bonds. The first-order valence-electron chi connectivity index (χ1n) is 8.13. The van der Waals surface area contributed by atoms with E-state index in [1.807, 2.05) is 24.3 Å². The fraction of sp³-hybridized carbons (Fsp3) is 0.588. The zero-order valence-corrected chi connectivity index (χ0v) is 14.1. The Kier molecular flexibility index (Phi) is 10.9. The van der Waals surface area contributed by atoms with E-state index >= 15 is 0 Å². The van der Waals surface area contributed by atoms with E-state index in [1.54, 1.807) is 0 Å². The average molecular weight is 335 g/mol. The molecule has 7 heteroatoms. The molecule has 132 valence electrons. The van der Waals surface area contributed by atoms with Gasteiger partial charge in [-0.15, -0.1) is 0 Å². The minimum Gasteiger partial charge on any atom is -0.494 e. The van der Waals surface area contributed by atoms with Crippen molar-refractivity contribution in [2.75, 3.05) is 33.5 Å². The van der Waals surface area contributed by atoms with Gasteiger partial charge in [-0.05, 0) is 42.5 Å². The summed E-state index contributed by atoms with van der Waals surface area (Å²) in [5.41, 5.74) is 9.30. The lowest BCUT2D eigenvalue weighted by molar-refractivity contribution is -0.140. The van der Waals surface area contributed by atoms with E-state index in [1.165, 1.54) is 12.7 Å². The third kappa shape index (κ3) is 9.71. The zero-order valence-electron chi connectivity index (χ0n) is 14.1. The molecule has 0 aliphatic carbocycles. The van der Waals surface area contributed by atoms with Crippen LogP contribution in [-0.4, -0.2) is 39.4 Å². The van der Waals surface area contributed by atoms with Gasteiger partial charge >= 0.3 is 5.97 Å². The van der Waals surface area contributed by atoms with Gasteiger partial charge in [-0.2, -0.15) is 0 Å². The molecule has 0 heterocycles. The fourth-order valence-corrected chi connectivity index (χ4v) is 2.03. The van der Waals surface area contributed by atoms with Crippen molar-refractivity contribution in [2.24, 2.45) is 5.11 Å². The van der Waals surface area contributed by atoms with Crippen LogP contribution in [0.4, 0.5) is 0 Å². The summed E-state index contributed by atoms with van der Waals surface area (Å²) in [5, 5.41) is 3.44. The summed E-state index contributed by atoms with van der Waals surface area (Å²) < 4.78 is 15.7. The molecule has 0 unspecified atom stereocenters. The lowest BCUT2D eigenvalue weighted by atomic mass is 10.1. The summed E-state index contributed by atoms with van der Waals surface area (Å²) in [6, 6.07) is 7.90. The highest BCUT2D eigenvalue weighted by Gasteiger charge is 2.01. The number of nitrogens with zero attached hydrogens (tertiary/aromatic N) is 3. The molecule has 0 radical (unpaired) electrons. The van der Waals surface area contributed by atoms with E-state index in [0.717, 1.165) is 31.4 Å². The first kappa shape index (κ1) is 19.8. The second kappa shape index (κ2) is 13.2. The standard InChI is InChI=1S/C17H25N3O4/c1-22-17(21)6-2-5-15-7-9-16(10-8-15)24-14-4-13-23-12-3-11-19-20-18/h7-10H,2-6,11-14H2,1H3. The molecule has 0 aromatic heterocycles. The van der Waals surface area contributed by atoms with Gasteiger partial charge in [0.25, 0.3) is 0 Å². The number of aryl methyl sites for hydroxylation is 1. The Morgan fingerprint density at radius 1 is 1.12 bits per heavy atom. The van der Waals surface area contributed by atoms with Gasteiger partial charge in [0, 0.05) is 37.5 Å². The number of carbonyl (C=O) groups excluding carboxylic acids is 1. The Bertz CT molecular complexity index is 513. The smallest absolute Gasteiger partial charge is 0.305 e. The van der Waals surface area contributed by atoms with Crippen LogP contribution < -0.4 is 4.74 Å². The van der Waals surface area contributed by atoms with Gasteiger partial charge in [0.15, 0.2) is 0 Å². The van der Waals surface area contributed by atoms with Crippen LogP contribution >= 0.6 is 0 Å². The number of carbonyl (C=O) groups is 1. The second-order valence-corrected chi connectivity index (χ2v) is 5.20. The normalized spacial score (nSPS) is 10.0. The van der Waals surface area contributed by atoms with Crippen molar-refractivity contribution in [3.8, 4) is 5.75 Å². The summed E-state index contributed by atoms with van der Waals surface area (Å²) in [6.07, 6.45) is 3.62. The maximum atomic E-state index is 11.0. The number of benzene rings is 1. The molecule has 0 N–H and O–H groups in total. The predicted octanol–water partition coefficient (Wildman–Crippen LogP) is 3.67. The largest absolute Gasteiger partial charge is 0.494 e. The van der Waals surface area contributed by atoms with Crippen LogP contribution in [0.2, 0.25) is 0 Å². The lowest BCUT2D eigenvalue weighted by Crippen LogP contribution is -2.04. The molecular formula is C17H25N3O4. The van der Waals surface area contributed by atoms with Crippen LogP contribution in [0, 0.1) is 0 Å². The third-order valence-corrected chi connectivity index (χ3v) is 3.31. The molecule has 0 fully saturated rings. The maximum absolute atomic E-state index is 11.0. The van der Waals surface area contributed by atoms with Crippen molar-refractivity contribution < 1.29 is 19.0 Å². The summed E-state index contributed by atoms with van der Waals surface area (Å²) in [6.45, 7) is 2.29. The molecule has 0 spiro atoms. The first-order chi connectivity index (χ1) is 11.8. The SMILES string of the molecule is COC(=O)CCCc1ccc(OCCCOCCCN=[N+]=[N-])cc1. The summed E-state index contributed by atoms with van der Waals surface area (Å²) in [5.74, 6) is 0.657. The highest BCUT2D eigenvalue weighted by Crippen LogP contribution is 2.14. The molecule has 0 saturated heterocycles. The zero-order chi connectivity index (χ0) is 17.5. The molecular weight excluding hydrogens is 310 g/mol. The number of methoxy groups -OCH3 is 1. The highest BCUT2D eigenvalue weighted by atomic mass is 16.5. The molecule has 24 heavy (non-hydrogen) atoms. The number of rotatable bonds is 13. The van der Waals surface area contributed by atoms with Crippen molar-refractivity contribution in [2.45, 2.75) is 32.1 Å². The lowest BCUT2D eigenvalue weighted by Gasteiger charge is -2.08. The van der Waals surface area contributed by atoms with Gasteiger partial charge in [-0.25, -0.2) is 0 Å². The second-order valence-electron chi connectivity index (χ2n) is 5.20. The Morgan fingerprint density at radius 3 is 2.58 bits per heavy atom. The molecule has 0 atom stereocenters. The van der Waals surface area contributed by atoms with Gasteiger partial charge in [0.05, 0.1) is 13.7 Å². The van der Waals surface area contributed by atoms with E-state index in [4.69, 9.17) is 15.0 Å². The van der Waals surface area contributed by atoms with E-state index in [-0.39, 0.29) is 5.97 Å². The Hall–Kier alpha value is -2.24. The number of esters is 1. The van der Waals surface area contributed by atoms with Crippen LogP contribution in [0.25, 0.3) is 10.4 Å². The Labute approximate surface area is 142 Å². The Balaban J connectivity index is 2.07. The summed E-state index contributed by atoms with van der Waals surface area (Å²) in [7, 11) is 1.41. The predicted molar refractivity (Wildman–Crippen MR) is 91.0 cm³/mol. The van der Waals surface area contributed by atoms with Gasteiger partial charge in [-0.3, -0.25) is 4.79 Å². The molecule has 1 aromatic carbocycles. The summed E-state index contributed by atoms with van der Waals surface area (Å²) in [4.78, 5) is 13.7. The van der Waals surface area contributed by atoms with Crippen molar-refractivity contribution in [1.29, 1.82) is 0 Å². The minimum atomic E-state index is -0.171. The average Bonchev–Trinajstić information content (AvgIpc) is 2.61. The van der Waals surface area contributed by atoms with Gasteiger partial charge in [-0.1, -0.05) is 17.2 Å². The molecule has 1 aromatic rings. The quantitative estimate of drug-likeness (QED) is 0.181. The topological polar surface area (TPSA) is 93.5 Å². The van der Waals surface area contributed by atoms with Gasteiger partial charge in [0.2, 0.25) is 0 Å². The number of ether oxygens (including phenoxy) is 3. The first-order valence-corrected chi connectivity index (χ1v) is 8.13. The molecule has 0 bridgehead atoms. The molecule has 7 nitrogen and oxygen atoms in total. The van der Waals surface area contributed by atoms with Crippen LogP contribution in [-0.2, 0) is 20.7 Å². The van der Waals surface area contributed by atoms with Gasteiger partial charge < -0.3 is 14.2 Å². The number of hydrogen-bond acceptors (Lipinski definition) is 5. The molecule has 0 aliphatic heterocycles. The van der Waals surface area contributed by atoms with Crippen LogP contribution in [0.1, 0.15) is 31.2 Å². The third-order valence-electron chi connectivity index (χ3n) is 3.31. The van der Waals surface area contributed by atoms with Crippen molar-refractivity contribution in [3.63, 3.8) is 0 Å². The van der Waals surface area contributed by atoms with Crippen LogP contribution in [0.5, 0.6) is 5.75 Å². The Morgan fingerprint density at radius 2 is 1.88 bits per heavy atom. The van der Waals surface area contributed by atoms with E-state index in [2.05, 4.69) is 14.8 Å². The molecule has 1 rings (SSSR count). The van der Waals surface area contributed by atoms with Crippen molar-refractivity contribution in [3.05, 3.63) is 40.3 Å². The maximum Gasteiger partial charge on any atom is 0.305 e.